The first kappa shape index (κ1) is 19.2. The van der Waals surface area contributed by atoms with Gasteiger partial charge in [0.2, 0.25) is 0 Å². The summed E-state index contributed by atoms with van der Waals surface area (Å²) < 4.78 is 10.2. The van der Waals surface area contributed by atoms with Gasteiger partial charge in [0.15, 0.2) is 6.61 Å². The van der Waals surface area contributed by atoms with Crippen molar-refractivity contribution in [2.24, 2.45) is 0 Å². The SMILES string of the molecule is CC(=O)OCC(=O)NC[C@H](c1ccc(N(C)C)cc1)[NH+]1CCOCC1. The molecule has 0 radical (unpaired) electrons. The molecule has 2 rings (SSSR count). The summed E-state index contributed by atoms with van der Waals surface area (Å²) in [5.74, 6) is -0.734. The number of ether oxygens (including phenoxy) is 2. The van der Waals surface area contributed by atoms with E-state index in [4.69, 9.17) is 9.47 Å². The van der Waals surface area contributed by atoms with Gasteiger partial charge in [-0.3, -0.25) is 9.59 Å². The Morgan fingerprint density at radius 2 is 1.88 bits per heavy atom. The summed E-state index contributed by atoms with van der Waals surface area (Å²) >= 11 is 0. The topological polar surface area (TPSA) is 72.3 Å². The fourth-order valence-electron chi connectivity index (χ4n) is 2.92. The molecule has 138 valence electrons. The average molecular weight is 350 g/mol. The average Bonchev–Trinajstić information content (AvgIpc) is 2.61. The highest BCUT2D eigenvalue weighted by Gasteiger charge is 2.27. The largest absolute Gasteiger partial charge is 0.456 e. The molecule has 25 heavy (non-hydrogen) atoms. The van der Waals surface area contributed by atoms with Gasteiger partial charge in [-0.25, -0.2) is 0 Å². The van der Waals surface area contributed by atoms with Gasteiger partial charge in [0.05, 0.1) is 19.8 Å². The molecule has 1 heterocycles. The van der Waals surface area contributed by atoms with Gasteiger partial charge in [-0.05, 0) is 12.1 Å². The number of esters is 1. The Morgan fingerprint density at radius 1 is 1.24 bits per heavy atom. The van der Waals surface area contributed by atoms with Crippen molar-refractivity contribution in [1.82, 2.24) is 5.32 Å². The van der Waals surface area contributed by atoms with Crippen molar-refractivity contribution in [1.29, 1.82) is 0 Å². The molecule has 0 spiro atoms. The summed E-state index contributed by atoms with van der Waals surface area (Å²) in [6, 6.07) is 8.54. The first-order valence-electron chi connectivity index (χ1n) is 8.57. The van der Waals surface area contributed by atoms with Crippen LogP contribution in [0.3, 0.4) is 0 Å². The van der Waals surface area contributed by atoms with E-state index < -0.39 is 5.97 Å². The molecule has 0 aliphatic carbocycles. The number of hydrogen-bond donors (Lipinski definition) is 2. The molecule has 1 aromatic rings. The van der Waals surface area contributed by atoms with Crippen LogP contribution in [0, 0.1) is 0 Å². The van der Waals surface area contributed by atoms with Crippen molar-refractivity contribution >= 4 is 17.6 Å². The van der Waals surface area contributed by atoms with Crippen LogP contribution in [-0.4, -0.2) is 65.4 Å². The number of carbonyl (C=O) groups is 2. The molecule has 2 N–H and O–H groups in total. The Hall–Kier alpha value is -2.12. The third kappa shape index (κ3) is 6.03. The molecule has 0 bridgehead atoms. The van der Waals surface area contributed by atoms with Crippen molar-refractivity contribution in [3.63, 3.8) is 0 Å². The summed E-state index contributed by atoms with van der Waals surface area (Å²) in [7, 11) is 4.02. The molecule has 1 fully saturated rings. The minimum absolute atomic E-state index is 0.140. The van der Waals surface area contributed by atoms with Crippen LogP contribution in [0.1, 0.15) is 18.5 Å². The van der Waals surface area contributed by atoms with E-state index in [-0.39, 0.29) is 18.6 Å². The summed E-state index contributed by atoms with van der Waals surface area (Å²) in [6.45, 7) is 4.81. The molecule has 0 aromatic heterocycles. The fourth-order valence-corrected chi connectivity index (χ4v) is 2.92. The molecule has 1 aliphatic rings. The third-order valence-electron chi connectivity index (χ3n) is 4.35. The molecule has 0 saturated carbocycles. The third-order valence-corrected chi connectivity index (χ3v) is 4.35. The Kier molecular flexibility index (Phi) is 7.21. The monoisotopic (exact) mass is 350 g/mol. The molecular formula is C18H28N3O4+. The second kappa shape index (κ2) is 9.39. The Labute approximate surface area is 148 Å². The van der Waals surface area contributed by atoms with Gasteiger partial charge in [0, 0.05) is 32.3 Å². The van der Waals surface area contributed by atoms with Crippen molar-refractivity contribution in [3.05, 3.63) is 29.8 Å². The molecule has 7 heteroatoms. The van der Waals surface area contributed by atoms with Crippen LogP contribution in [0.25, 0.3) is 0 Å². The van der Waals surface area contributed by atoms with Gasteiger partial charge < -0.3 is 24.6 Å². The zero-order valence-electron chi connectivity index (χ0n) is 15.2. The minimum atomic E-state index is -0.454. The molecule has 1 aliphatic heterocycles. The molecule has 1 saturated heterocycles. The van der Waals surface area contributed by atoms with E-state index in [1.54, 1.807) is 0 Å². The quantitative estimate of drug-likeness (QED) is 0.642. The lowest BCUT2D eigenvalue weighted by molar-refractivity contribution is -0.937. The van der Waals surface area contributed by atoms with Gasteiger partial charge in [0.25, 0.3) is 5.91 Å². The predicted octanol–water partition coefficient (Wildman–Crippen LogP) is -0.612. The maximum Gasteiger partial charge on any atom is 0.303 e. The number of carbonyl (C=O) groups excluding carboxylic acids is 2. The first-order valence-corrected chi connectivity index (χ1v) is 8.57. The van der Waals surface area contributed by atoms with Gasteiger partial charge in [-0.15, -0.1) is 0 Å². The molecule has 1 aromatic carbocycles. The van der Waals surface area contributed by atoms with Crippen LogP contribution in [0.15, 0.2) is 24.3 Å². The molecule has 0 unspecified atom stereocenters. The second-order valence-corrected chi connectivity index (χ2v) is 6.39. The zero-order valence-corrected chi connectivity index (χ0v) is 15.2. The second-order valence-electron chi connectivity index (χ2n) is 6.39. The minimum Gasteiger partial charge on any atom is -0.456 e. The van der Waals surface area contributed by atoms with Crippen molar-refractivity contribution in [3.8, 4) is 0 Å². The number of morpholine rings is 1. The number of rotatable bonds is 7. The predicted molar refractivity (Wildman–Crippen MR) is 94.7 cm³/mol. The highest BCUT2D eigenvalue weighted by Crippen LogP contribution is 2.16. The lowest BCUT2D eigenvalue weighted by atomic mass is 10.0. The number of nitrogens with zero attached hydrogens (tertiary/aromatic N) is 1. The Morgan fingerprint density at radius 3 is 2.44 bits per heavy atom. The van der Waals surface area contributed by atoms with Crippen LogP contribution < -0.4 is 15.1 Å². The summed E-state index contributed by atoms with van der Waals surface area (Å²) in [5, 5.41) is 2.88. The lowest BCUT2D eigenvalue weighted by Gasteiger charge is -2.32. The Bertz CT molecular complexity index is 568. The van der Waals surface area contributed by atoms with Crippen LogP contribution in [0.5, 0.6) is 0 Å². The van der Waals surface area contributed by atoms with Crippen LogP contribution in [0.4, 0.5) is 5.69 Å². The van der Waals surface area contributed by atoms with E-state index >= 15 is 0 Å². The number of quaternary nitrogens is 1. The van der Waals surface area contributed by atoms with E-state index in [2.05, 4.69) is 34.5 Å². The van der Waals surface area contributed by atoms with E-state index in [0.717, 1.165) is 32.0 Å². The van der Waals surface area contributed by atoms with E-state index in [9.17, 15) is 9.59 Å². The highest BCUT2D eigenvalue weighted by atomic mass is 16.5. The van der Waals surface area contributed by atoms with Crippen LogP contribution >= 0.6 is 0 Å². The summed E-state index contributed by atoms with van der Waals surface area (Å²) in [4.78, 5) is 26.1. The van der Waals surface area contributed by atoms with E-state index in [0.29, 0.717) is 6.54 Å². The maximum absolute atomic E-state index is 11.9. The van der Waals surface area contributed by atoms with Gasteiger partial charge in [-0.1, -0.05) is 12.1 Å². The van der Waals surface area contributed by atoms with Crippen molar-refractivity contribution in [2.45, 2.75) is 13.0 Å². The van der Waals surface area contributed by atoms with Crippen molar-refractivity contribution in [2.75, 3.05) is 58.5 Å². The van der Waals surface area contributed by atoms with E-state index in [1.807, 2.05) is 14.1 Å². The van der Waals surface area contributed by atoms with Gasteiger partial charge in [0.1, 0.15) is 19.1 Å². The molecule has 7 nitrogen and oxygen atoms in total. The maximum atomic E-state index is 11.9. The number of anilines is 1. The van der Waals surface area contributed by atoms with Gasteiger partial charge in [-0.2, -0.15) is 0 Å². The number of amides is 1. The Balaban J connectivity index is 2.04. The summed E-state index contributed by atoms with van der Waals surface area (Å²) in [5.41, 5.74) is 2.31. The van der Waals surface area contributed by atoms with Crippen LogP contribution in [-0.2, 0) is 19.1 Å². The van der Waals surface area contributed by atoms with E-state index in [1.165, 1.54) is 17.4 Å². The normalized spacial score (nSPS) is 16.1. The van der Waals surface area contributed by atoms with Gasteiger partial charge >= 0.3 is 5.97 Å². The lowest BCUT2D eigenvalue weighted by Crippen LogP contribution is -3.15. The fraction of sp³-hybridized carbons (Fsp3) is 0.556. The molecular weight excluding hydrogens is 322 g/mol. The standard InChI is InChI=1S/C18H27N3O4/c1-14(22)25-13-18(23)19-12-17(21-8-10-24-11-9-21)15-4-6-16(7-5-15)20(2)3/h4-7,17H,8-13H2,1-3H3,(H,19,23)/p+1/t17-/m1/s1. The smallest absolute Gasteiger partial charge is 0.303 e. The van der Waals surface area contributed by atoms with Crippen molar-refractivity contribution < 1.29 is 24.0 Å². The molecule has 1 atom stereocenters. The van der Waals surface area contributed by atoms with Crippen LogP contribution in [0.2, 0.25) is 0 Å². The number of nitrogens with one attached hydrogen (secondary N) is 2. The highest BCUT2D eigenvalue weighted by molar-refractivity contribution is 5.79. The number of hydrogen-bond acceptors (Lipinski definition) is 5. The first-order chi connectivity index (χ1) is 12.0. The summed E-state index contributed by atoms with van der Waals surface area (Å²) in [6.07, 6.45) is 0. The molecule has 1 amide bonds. The zero-order chi connectivity index (χ0) is 18.2. The number of benzene rings is 1.